The SMILES string of the molecule is CC(C)(C[N+](=O)[O-])ON=O. The average molecular weight is 148 g/mol. The van der Waals surface area contributed by atoms with E-state index in [2.05, 4.69) is 10.2 Å². The van der Waals surface area contributed by atoms with Crippen LogP contribution >= 0.6 is 0 Å². The summed E-state index contributed by atoms with van der Waals surface area (Å²) in [5.74, 6) is 0. The smallest absolute Gasteiger partial charge is 0.245 e. The Bertz CT molecular complexity index is 144. The van der Waals surface area contributed by atoms with Gasteiger partial charge >= 0.3 is 0 Å². The molecule has 6 heteroatoms. The quantitative estimate of drug-likeness (QED) is 0.334. The molecule has 0 bridgehead atoms. The Morgan fingerprint density at radius 1 is 1.70 bits per heavy atom. The second-order valence-electron chi connectivity index (χ2n) is 2.42. The van der Waals surface area contributed by atoms with Crippen molar-refractivity contribution in [1.82, 2.24) is 0 Å². The van der Waals surface area contributed by atoms with Gasteiger partial charge in [0.15, 0.2) is 10.9 Å². The first-order valence-electron chi connectivity index (χ1n) is 2.60. The maximum Gasteiger partial charge on any atom is 0.245 e. The molecule has 58 valence electrons. The molecule has 0 aromatic heterocycles. The first-order valence-corrected chi connectivity index (χ1v) is 2.60. The third-order valence-electron chi connectivity index (χ3n) is 0.794. The fourth-order valence-corrected chi connectivity index (χ4v) is 0.441. The molecule has 0 fully saturated rings. The highest BCUT2D eigenvalue weighted by atomic mass is 16.7. The molecule has 0 radical (unpaired) electrons. The van der Waals surface area contributed by atoms with Crippen molar-refractivity contribution in [1.29, 1.82) is 0 Å². The Labute approximate surface area is 57.2 Å². The maximum absolute atomic E-state index is 9.87. The summed E-state index contributed by atoms with van der Waals surface area (Å²) in [6, 6.07) is 0. The van der Waals surface area contributed by atoms with Gasteiger partial charge in [0.05, 0.1) is 0 Å². The van der Waals surface area contributed by atoms with E-state index in [1.807, 2.05) is 0 Å². The molecule has 0 amide bonds. The minimum atomic E-state index is -1.11. The lowest BCUT2D eigenvalue weighted by Crippen LogP contribution is -2.31. The van der Waals surface area contributed by atoms with Gasteiger partial charge in [-0.3, -0.25) is 10.1 Å². The van der Waals surface area contributed by atoms with Gasteiger partial charge in [-0.15, -0.1) is 4.91 Å². The molecule has 0 spiro atoms. The first kappa shape index (κ1) is 8.80. The number of rotatable bonds is 4. The molecular formula is C4H8N2O4. The highest BCUT2D eigenvalue weighted by Crippen LogP contribution is 2.08. The molecule has 0 heterocycles. The molecular weight excluding hydrogens is 140 g/mol. The van der Waals surface area contributed by atoms with E-state index in [1.165, 1.54) is 13.8 Å². The van der Waals surface area contributed by atoms with Gasteiger partial charge < -0.3 is 4.84 Å². The monoisotopic (exact) mass is 148 g/mol. The van der Waals surface area contributed by atoms with Crippen LogP contribution in [-0.2, 0) is 4.84 Å². The molecule has 6 nitrogen and oxygen atoms in total. The normalized spacial score (nSPS) is 10.6. The predicted octanol–water partition coefficient (Wildman–Crippen LogP) is 0.740. The molecule has 0 N–H and O–H groups in total. The van der Waals surface area contributed by atoms with E-state index in [4.69, 9.17) is 0 Å². The summed E-state index contributed by atoms with van der Waals surface area (Å²) in [7, 11) is 0. The summed E-state index contributed by atoms with van der Waals surface area (Å²) in [6.45, 7) is 2.40. The summed E-state index contributed by atoms with van der Waals surface area (Å²) < 4.78 is 0. The van der Waals surface area contributed by atoms with Crippen LogP contribution < -0.4 is 0 Å². The van der Waals surface area contributed by atoms with Crippen LogP contribution in [0.15, 0.2) is 5.34 Å². The molecule has 0 aromatic rings. The predicted molar refractivity (Wildman–Crippen MR) is 32.8 cm³/mol. The van der Waals surface area contributed by atoms with E-state index < -0.39 is 17.1 Å². The van der Waals surface area contributed by atoms with Crippen molar-refractivity contribution in [3.8, 4) is 0 Å². The molecule has 0 aliphatic carbocycles. The van der Waals surface area contributed by atoms with Crippen molar-refractivity contribution in [2.45, 2.75) is 19.4 Å². The molecule has 0 aliphatic rings. The Balaban J connectivity index is 3.85. The zero-order chi connectivity index (χ0) is 8.20. The van der Waals surface area contributed by atoms with Crippen molar-refractivity contribution >= 4 is 0 Å². The van der Waals surface area contributed by atoms with Gasteiger partial charge in [0, 0.05) is 4.92 Å². The van der Waals surface area contributed by atoms with E-state index in [1.54, 1.807) is 0 Å². The van der Waals surface area contributed by atoms with Crippen molar-refractivity contribution in [2.75, 3.05) is 6.54 Å². The lowest BCUT2D eigenvalue weighted by Gasteiger charge is -2.13. The molecule has 0 rings (SSSR count). The summed E-state index contributed by atoms with van der Waals surface area (Å²) in [5, 5.41) is 12.0. The summed E-state index contributed by atoms with van der Waals surface area (Å²) >= 11 is 0. The molecule has 0 aromatic carbocycles. The van der Waals surface area contributed by atoms with E-state index in [-0.39, 0.29) is 0 Å². The average Bonchev–Trinajstić information content (AvgIpc) is 1.59. The van der Waals surface area contributed by atoms with Crippen LogP contribution in [0.1, 0.15) is 13.8 Å². The number of hydrogen-bond acceptors (Lipinski definition) is 5. The van der Waals surface area contributed by atoms with Gasteiger partial charge in [0.25, 0.3) is 0 Å². The van der Waals surface area contributed by atoms with Gasteiger partial charge in [-0.1, -0.05) is 0 Å². The van der Waals surface area contributed by atoms with E-state index >= 15 is 0 Å². The molecule has 0 aliphatic heterocycles. The van der Waals surface area contributed by atoms with E-state index in [0.29, 0.717) is 0 Å². The second kappa shape index (κ2) is 3.09. The Morgan fingerprint density at radius 2 is 2.20 bits per heavy atom. The van der Waals surface area contributed by atoms with Crippen LogP contribution in [0.3, 0.4) is 0 Å². The lowest BCUT2D eigenvalue weighted by atomic mass is 10.1. The first-order chi connectivity index (χ1) is 4.48. The van der Waals surface area contributed by atoms with Crippen LogP contribution in [0.25, 0.3) is 0 Å². The number of nitrogens with zero attached hydrogens (tertiary/aromatic N) is 2. The lowest BCUT2D eigenvalue weighted by molar-refractivity contribution is -0.500. The van der Waals surface area contributed by atoms with Crippen LogP contribution in [0.5, 0.6) is 0 Å². The molecule has 0 saturated carbocycles. The minimum Gasteiger partial charge on any atom is -0.351 e. The topological polar surface area (TPSA) is 81.8 Å². The van der Waals surface area contributed by atoms with Crippen LogP contribution in [0.4, 0.5) is 0 Å². The van der Waals surface area contributed by atoms with Gasteiger partial charge in [-0.2, -0.15) is 0 Å². The van der Waals surface area contributed by atoms with E-state index in [9.17, 15) is 15.0 Å². The van der Waals surface area contributed by atoms with Crippen molar-refractivity contribution in [3.63, 3.8) is 0 Å². The Hall–Kier alpha value is -1.20. The van der Waals surface area contributed by atoms with Crippen molar-refractivity contribution in [3.05, 3.63) is 15.0 Å². The molecule has 0 saturated heterocycles. The Morgan fingerprint density at radius 3 is 2.50 bits per heavy atom. The second-order valence-corrected chi connectivity index (χ2v) is 2.42. The molecule has 0 atom stereocenters. The number of hydrogen-bond donors (Lipinski definition) is 0. The highest BCUT2D eigenvalue weighted by Gasteiger charge is 2.27. The van der Waals surface area contributed by atoms with Crippen molar-refractivity contribution in [2.24, 2.45) is 5.34 Å². The zero-order valence-corrected chi connectivity index (χ0v) is 5.73. The largest absolute Gasteiger partial charge is 0.351 e. The summed E-state index contributed by atoms with van der Waals surface area (Å²) in [4.78, 5) is 23.0. The van der Waals surface area contributed by atoms with Gasteiger partial charge in [-0.05, 0) is 13.8 Å². The van der Waals surface area contributed by atoms with Gasteiger partial charge in [-0.25, -0.2) is 0 Å². The van der Waals surface area contributed by atoms with Gasteiger partial charge in [0.1, 0.15) is 0 Å². The third kappa shape index (κ3) is 3.76. The van der Waals surface area contributed by atoms with Gasteiger partial charge in [0.2, 0.25) is 6.54 Å². The summed E-state index contributed by atoms with van der Waals surface area (Å²) in [6.07, 6.45) is 0. The standard InChI is InChI=1S/C4H8N2O4/c1-4(2,10-5-7)3-6(8)9/h3H2,1-2H3. The summed E-state index contributed by atoms with van der Waals surface area (Å²) in [5.41, 5.74) is -1.11. The van der Waals surface area contributed by atoms with Crippen LogP contribution in [0, 0.1) is 15.0 Å². The van der Waals surface area contributed by atoms with Crippen molar-refractivity contribution < 1.29 is 9.76 Å². The molecule has 10 heavy (non-hydrogen) atoms. The third-order valence-corrected chi connectivity index (χ3v) is 0.794. The molecule has 0 unspecified atom stereocenters. The number of nitro groups is 1. The Kier molecular flexibility index (Phi) is 2.72. The fourth-order valence-electron chi connectivity index (χ4n) is 0.441. The minimum absolute atomic E-state index is 0.432. The van der Waals surface area contributed by atoms with E-state index in [0.717, 1.165) is 0 Å². The van der Waals surface area contributed by atoms with Crippen LogP contribution in [0.2, 0.25) is 0 Å². The zero-order valence-electron chi connectivity index (χ0n) is 5.73. The van der Waals surface area contributed by atoms with Crippen LogP contribution in [-0.4, -0.2) is 17.1 Å². The maximum atomic E-state index is 9.87. The highest BCUT2D eigenvalue weighted by molar-refractivity contribution is 4.64. The fraction of sp³-hybridized carbons (Fsp3) is 1.00.